The van der Waals surface area contributed by atoms with E-state index in [1.165, 1.54) is 4.31 Å². The molecule has 6 heteroatoms. The molecule has 0 aliphatic heterocycles. The van der Waals surface area contributed by atoms with Crippen molar-refractivity contribution in [2.45, 2.75) is 45.7 Å². The SMILES string of the molecule is CCn1cc(CN(C)S(=O)(=O)c2cc(C)ccc2C)c(C)n1. The number of aromatic nitrogens is 2. The summed E-state index contributed by atoms with van der Waals surface area (Å²) < 4.78 is 28.8. The Hall–Kier alpha value is -1.66. The van der Waals surface area contributed by atoms with Crippen LogP contribution in [0.15, 0.2) is 29.3 Å². The third-order valence-corrected chi connectivity index (χ3v) is 5.74. The molecule has 0 N–H and O–H groups in total. The predicted molar refractivity (Wildman–Crippen MR) is 87.2 cm³/mol. The highest BCUT2D eigenvalue weighted by molar-refractivity contribution is 7.89. The van der Waals surface area contributed by atoms with Gasteiger partial charge in [0, 0.05) is 31.9 Å². The molecule has 0 aliphatic carbocycles. The highest BCUT2D eigenvalue weighted by Gasteiger charge is 2.24. The maximum atomic E-state index is 12.8. The van der Waals surface area contributed by atoms with Crippen molar-refractivity contribution in [3.63, 3.8) is 0 Å². The van der Waals surface area contributed by atoms with Crippen LogP contribution in [0.5, 0.6) is 0 Å². The molecule has 0 atom stereocenters. The first kappa shape index (κ1) is 16.7. The normalized spacial score (nSPS) is 12.1. The molecule has 0 radical (unpaired) electrons. The molecule has 0 spiro atoms. The van der Waals surface area contributed by atoms with Crippen LogP contribution in [0, 0.1) is 20.8 Å². The summed E-state index contributed by atoms with van der Waals surface area (Å²) in [4.78, 5) is 0.371. The molecule has 120 valence electrons. The molecule has 22 heavy (non-hydrogen) atoms. The third-order valence-electron chi connectivity index (χ3n) is 3.80. The van der Waals surface area contributed by atoms with Crippen molar-refractivity contribution in [2.24, 2.45) is 0 Å². The van der Waals surface area contributed by atoms with E-state index in [-0.39, 0.29) is 0 Å². The number of hydrogen-bond donors (Lipinski definition) is 0. The van der Waals surface area contributed by atoms with E-state index in [9.17, 15) is 8.42 Å². The van der Waals surface area contributed by atoms with Crippen LogP contribution in [0.25, 0.3) is 0 Å². The fourth-order valence-corrected chi connectivity index (χ4v) is 3.81. The molecule has 1 aromatic carbocycles. The standard InChI is InChI=1S/C16H23N3O2S/c1-6-19-11-15(14(4)17-19)10-18(5)22(20,21)16-9-12(2)7-8-13(16)3/h7-9,11H,6,10H2,1-5H3. The van der Waals surface area contributed by atoms with Crippen molar-refractivity contribution in [1.29, 1.82) is 0 Å². The first-order valence-corrected chi connectivity index (χ1v) is 8.76. The van der Waals surface area contributed by atoms with Crippen molar-refractivity contribution in [3.8, 4) is 0 Å². The molecule has 1 heterocycles. The third kappa shape index (κ3) is 3.23. The monoisotopic (exact) mass is 321 g/mol. The average molecular weight is 321 g/mol. The minimum Gasteiger partial charge on any atom is -0.272 e. The van der Waals surface area contributed by atoms with E-state index in [0.717, 1.165) is 28.9 Å². The van der Waals surface area contributed by atoms with E-state index in [0.29, 0.717) is 11.4 Å². The molecule has 0 bridgehead atoms. The van der Waals surface area contributed by atoms with Crippen LogP contribution >= 0.6 is 0 Å². The van der Waals surface area contributed by atoms with Gasteiger partial charge >= 0.3 is 0 Å². The Kier molecular flexibility index (Phi) is 4.72. The Bertz CT molecular complexity index is 779. The molecule has 5 nitrogen and oxygen atoms in total. The van der Waals surface area contributed by atoms with Gasteiger partial charge in [-0.3, -0.25) is 4.68 Å². The van der Waals surface area contributed by atoms with E-state index < -0.39 is 10.0 Å². The molecular weight excluding hydrogens is 298 g/mol. The Balaban J connectivity index is 2.32. The summed E-state index contributed by atoms with van der Waals surface area (Å²) in [6, 6.07) is 5.49. The molecule has 2 aromatic rings. The van der Waals surface area contributed by atoms with Gasteiger partial charge in [-0.2, -0.15) is 9.40 Å². The molecule has 0 fully saturated rings. The zero-order valence-corrected chi connectivity index (χ0v) is 14.6. The van der Waals surface area contributed by atoms with Crippen molar-refractivity contribution in [3.05, 3.63) is 46.8 Å². The van der Waals surface area contributed by atoms with E-state index in [1.807, 2.05) is 50.7 Å². The van der Waals surface area contributed by atoms with Crippen LogP contribution in [0.1, 0.15) is 29.3 Å². The lowest BCUT2D eigenvalue weighted by Gasteiger charge is -2.18. The quantitative estimate of drug-likeness (QED) is 0.851. The average Bonchev–Trinajstić information content (AvgIpc) is 2.81. The molecule has 0 amide bonds. The second-order valence-corrected chi connectivity index (χ2v) is 7.64. The second kappa shape index (κ2) is 6.22. The summed E-state index contributed by atoms with van der Waals surface area (Å²) in [6.45, 7) is 8.72. The lowest BCUT2D eigenvalue weighted by Crippen LogP contribution is -2.27. The molecule has 2 rings (SSSR count). The molecule has 0 aliphatic rings. The Morgan fingerprint density at radius 1 is 1.23 bits per heavy atom. The van der Waals surface area contributed by atoms with Gasteiger partial charge in [-0.1, -0.05) is 12.1 Å². The van der Waals surface area contributed by atoms with Gasteiger partial charge in [-0.15, -0.1) is 0 Å². The van der Waals surface area contributed by atoms with Gasteiger partial charge in [-0.05, 0) is 44.9 Å². The van der Waals surface area contributed by atoms with Crippen LogP contribution in [0.2, 0.25) is 0 Å². The number of aryl methyl sites for hydroxylation is 4. The van der Waals surface area contributed by atoms with Crippen molar-refractivity contribution < 1.29 is 8.42 Å². The molecular formula is C16H23N3O2S. The number of rotatable bonds is 5. The van der Waals surface area contributed by atoms with Crippen LogP contribution < -0.4 is 0 Å². The summed E-state index contributed by atoms with van der Waals surface area (Å²) in [6.07, 6.45) is 1.91. The predicted octanol–water partition coefficient (Wildman–Crippen LogP) is 2.65. The smallest absolute Gasteiger partial charge is 0.243 e. The number of hydrogen-bond acceptors (Lipinski definition) is 3. The lowest BCUT2D eigenvalue weighted by molar-refractivity contribution is 0.465. The fraction of sp³-hybridized carbons (Fsp3) is 0.438. The van der Waals surface area contributed by atoms with Crippen molar-refractivity contribution in [2.75, 3.05) is 7.05 Å². The van der Waals surface area contributed by atoms with Crippen LogP contribution in [0.4, 0.5) is 0 Å². The lowest BCUT2D eigenvalue weighted by atomic mass is 10.2. The van der Waals surface area contributed by atoms with E-state index in [4.69, 9.17) is 0 Å². The minimum absolute atomic E-state index is 0.321. The summed E-state index contributed by atoms with van der Waals surface area (Å²) in [5.74, 6) is 0. The van der Waals surface area contributed by atoms with Gasteiger partial charge in [0.05, 0.1) is 10.6 Å². The Morgan fingerprint density at radius 2 is 1.91 bits per heavy atom. The van der Waals surface area contributed by atoms with Crippen LogP contribution in [0.3, 0.4) is 0 Å². The molecule has 1 aromatic heterocycles. The first-order chi connectivity index (χ1) is 10.3. The summed E-state index contributed by atoms with van der Waals surface area (Å²) in [7, 11) is -1.90. The largest absolute Gasteiger partial charge is 0.272 e. The number of sulfonamides is 1. The van der Waals surface area contributed by atoms with Gasteiger partial charge in [0.2, 0.25) is 10.0 Å². The maximum Gasteiger partial charge on any atom is 0.243 e. The zero-order chi connectivity index (χ0) is 16.5. The second-order valence-electron chi connectivity index (χ2n) is 5.63. The summed E-state index contributed by atoms with van der Waals surface area (Å²) >= 11 is 0. The highest BCUT2D eigenvalue weighted by atomic mass is 32.2. The van der Waals surface area contributed by atoms with Gasteiger partial charge in [-0.25, -0.2) is 8.42 Å². The maximum absolute atomic E-state index is 12.8. The summed E-state index contributed by atoms with van der Waals surface area (Å²) in [5, 5.41) is 4.36. The molecule has 0 saturated heterocycles. The Labute approximate surface area is 132 Å². The minimum atomic E-state index is -3.51. The first-order valence-electron chi connectivity index (χ1n) is 7.32. The Morgan fingerprint density at radius 3 is 2.50 bits per heavy atom. The van der Waals surface area contributed by atoms with E-state index in [1.54, 1.807) is 13.1 Å². The van der Waals surface area contributed by atoms with Crippen molar-refractivity contribution in [1.82, 2.24) is 14.1 Å². The fourth-order valence-electron chi connectivity index (χ4n) is 2.35. The van der Waals surface area contributed by atoms with Gasteiger partial charge < -0.3 is 0 Å². The van der Waals surface area contributed by atoms with Gasteiger partial charge in [0.25, 0.3) is 0 Å². The topological polar surface area (TPSA) is 55.2 Å². The summed E-state index contributed by atoms with van der Waals surface area (Å²) in [5.41, 5.74) is 3.49. The van der Waals surface area contributed by atoms with Gasteiger partial charge in [0.1, 0.15) is 0 Å². The van der Waals surface area contributed by atoms with Crippen LogP contribution in [-0.2, 0) is 23.1 Å². The van der Waals surface area contributed by atoms with Gasteiger partial charge in [0.15, 0.2) is 0 Å². The number of nitrogens with zero attached hydrogens (tertiary/aromatic N) is 3. The molecule has 0 unspecified atom stereocenters. The highest BCUT2D eigenvalue weighted by Crippen LogP contribution is 2.22. The van der Waals surface area contributed by atoms with E-state index >= 15 is 0 Å². The zero-order valence-electron chi connectivity index (χ0n) is 13.8. The number of benzene rings is 1. The van der Waals surface area contributed by atoms with Crippen molar-refractivity contribution >= 4 is 10.0 Å². The van der Waals surface area contributed by atoms with E-state index in [2.05, 4.69) is 5.10 Å². The van der Waals surface area contributed by atoms with Crippen LogP contribution in [-0.4, -0.2) is 29.6 Å². The molecule has 0 saturated carbocycles.